The smallest absolute Gasteiger partial charge is 0.346 e. The molecule has 6 nitrogen and oxygen atoms in total. The van der Waals surface area contributed by atoms with Crippen LogP contribution in [0, 0.1) is 18.3 Å². The molecule has 0 saturated heterocycles. The van der Waals surface area contributed by atoms with Crippen molar-refractivity contribution >= 4 is 12.0 Å². The van der Waals surface area contributed by atoms with Crippen molar-refractivity contribution < 1.29 is 24.1 Å². The first-order chi connectivity index (χ1) is 13.8. The lowest BCUT2D eigenvalue weighted by atomic mass is 9.98. The largest absolute Gasteiger partial charge is 0.493 e. The van der Waals surface area contributed by atoms with Gasteiger partial charge in [-0.05, 0) is 59.9 Å². The fraction of sp³-hybridized carbons (Fsp3) is 0.304. The van der Waals surface area contributed by atoms with Gasteiger partial charge in [0.15, 0.2) is 11.5 Å². The Balaban J connectivity index is 2.03. The second-order valence-electron chi connectivity index (χ2n) is 6.76. The third kappa shape index (κ3) is 6.01. The molecule has 0 aliphatic heterocycles. The van der Waals surface area contributed by atoms with Crippen molar-refractivity contribution in [3.8, 4) is 23.3 Å². The van der Waals surface area contributed by atoms with E-state index in [0.29, 0.717) is 29.6 Å². The van der Waals surface area contributed by atoms with Gasteiger partial charge in [-0.15, -0.1) is 0 Å². The summed E-state index contributed by atoms with van der Waals surface area (Å²) >= 11 is 0. The fourth-order valence-electron chi connectivity index (χ4n) is 2.90. The Bertz CT molecular complexity index is 941. The van der Waals surface area contributed by atoms with Gasteiger partial charge in [0.1, 0.15) is 30.6 Å². The molecule has 0 heterocycles. The lowest BCUT2D eigenvalue weighted by Gasteiger charge is -2.14. The lowest BCUT2D eigenvalue weighted by molar-refractivity contribution is -0.132. The number of hydrogen-bond donors (Lipinski definition) is 1. The highest BCUT2D eigenvalue weighted by Crippen LogP contribution is 2.29. The molecule has 6 heteroatoms. The quantitative estimate of drug-likeness (QED) is 0.380. The molecule has 0 unspecified atom stereocenters. The molecular weight excluding hydrogens is 370 g/mol. The van der Waals surface area contributed by atoms with E-state index in [9.17, 15) is 4.79 Å². The van der Waals surface area contributed by atoms with Gasteiger partial charge in [0.2, 0.25) is 0 Å². The minimum absolute atomic E-state index is 0.276. The van der Waals surface area contributed by atoms with Crippen molar-refractivity contribution in [1.82, 2.24) is 0 Å². The maximum Gasteiger partial charge on any atom is 0.346 e. The second-order valence-corrected chi connectivity index (χ2v) is 6.76. The summed E-state index contributed by atoms with van der Waals surface area (Å²) in [5, 5.41) is 17.9. The number of ether oxygens (including phenoxy) is 3. The molecule has 152 valence electrons. The van der Waals surface area contributed by atoms with Crippen LogP contribution >= 0.6 is 0 Å². The van der Waals surface area contributed by atoms with E-state index in [1.54, 1.807) is 24.3 Å². The predicted octanol–water partition coefficient (Wildman–Crippen LogP) is 4.58. The normalized spacial score (nSPS) is 11.1. The van der Waals surface area contributed by atoms with E-state index in [0.717, 1.165) is 5.75 Å². The first-order valence-electron chi connectivity index (χ1n) is 9.25. The maximum absolute atomic E-state index is 11.0. The Hall–Kier alpha value is -3.46. The second kappa shape index (κ2) is 10.2. The zero-order valence-electron chi connectivity index (χ0n) is 17.1. The number of carboxylic acid groups (broad SMARTS) is 1. The third-order valence-electron chi connectivity index (χ3n) is 4.32. The van der Waals surface area contributed by atoms with E-state index < -0.39 is 5.97 Å². The van der Waals surface area contributed by atoms with Crippen LogP contribution in [0.3, 0.4) is 0 Å². The molecule has 29 heavy (non-hydrogen) atoms. The SMILES string of the molecule is COc1ccc(C=C(C#N)C(=O)O)cc1OCCOc1ccc(C(C)C)c(C)c1. The van der Waals surface area contributed by atoms with Crippen LogP contribution in [-0.2, 0) is 4.79 Å². The lowest BCUT2D eigenvalue weighted by Crippen LogP contribution is -2.10. The number of benzene rings is 2. The number of hydrogen-bond acceptors (Lipinski definition) is 5. The van der Waals surface area contributed by atoms with Gasteiger partial charge in [0.25, 0.3) is 0 Å². The molecule has 0 aromatic heterocycles. The minimum Gasteiger partial charge on any atom is -0.493 e. The molecule has 2 aromatic rings. The molecule has 0 aliphatic carbocycles. The van der Waals surface area contributed by atoms with E-state index in [4.69, 9.17) is 24.6 Å². The van der Waals surface area contributed by atoms with Crippen molar-refractivity contribution in [3.63, 3.8) is 0 Å². The molecule has 2 rings (SSSR count). The van der Waals surface area contributed by atoms with Gasteiger partial charge in [-0.1, -0.05) is 26.0 Å². The number of nitriles is 1. The van der Waals surface area contributed by atoms with Crippen LogP contribution in [0.2, 0.25) is 0 Å². The number of rotatable bonds is 9. The van der Waals surface area contributed by atoms with E-state index in [1.165, 1.54) is 24.3 Å². The molecule has 0 bridgehead atoms. The fourth-order valence-corrected chi connectivity index (χ4v) is 2.90. The molecular formula is C23H25NO5. The Morgan fingerprint density at radius 3 is 2.45 bits per heavy atom. The Morgan fingerprint density at radius 1 is 1.14 bits per heavy atom. The van der Waals surface area contributed by atoms with Gasteiger partial charge in [-0.2, -0.15) is 5.26 Å². The van der Waals surface area contributed by atoms with Crippen molar-refractivity contribution in [2.24, 2.45) is 0 Å². The summed E-state index contributed by atoms with van der Waals surface area (Å²) in [5.41, 5.74) is 2.65. The van der Waals surface area contributed by atoms with Crippen LogP contribution in [0.1, 0.15) is 36.5 Å². The number of aliphatic carboxylic acids is 1. The van der Waals surface area contributed by atoms with Crippen molar-refractivity contribution in [1.29, 1.82) is 5.26 Å². The van der Waals surface area contributed by atoms with Gasteiger partial charge < -0.3 is 19.3 Å². The van der Waals surface area contributed by atoms with Crippen LogP contribution < -0.4 is 14.2 Å². The monoisotopic (exact) mass is 395 g/mol. The number of carboxylic acids is 1. The Kier molecular flexibility index (Phi) is 7.67. The summed E-state index contributed by atoms with van der Waals surface area (Å²) < 4.78 is 16.8. The molecule has 2 aromatic carbocycles. The van der Waals surface area contributed by atoms with Crippen LogP contribution in [-0.4, -0.2) is 31.4 Å². The van der Waals surface area contributed by atoms with Crippen LogP contribution in [0.25, 0.3) is 6.08 Å². The molecule has 0 aliphatic rings. The number of methoxy groups -OCH3 is 1. The molecule has 0 fully saturated rings. The zero-order chi connectivity index (χ0) is 21.4. The average Bonchev–Trinajstić information content (AvgIpc) is 2.69. The standard InChI is InChI=1S/C23H25NO5/c1-15(2)20-7-6-19(11-16(20)3)28-9-10-29-22-13-17(5-8-21(22)27-4)12-18(14-24)23(25)26/h5-8,11-13,15H,9-10H2,1-4H3,(H,25,26). The Morgan fingerprint density at radius 2 is 1.86 bits per heavy atom. The summed E-state index contributed by atoms with van der Waals surface area (Å²) in [5.74, 6) is 0.910. The molecule has 0 saturated carbocycles. The first-order valence-corrected chi connectivity index (χ1v) is 9.25. The van der Waals surface area contributed by atoms with E-state index in [1.807, 2.05) is 12.1 Å². The van der Waals surface area contributed by atoms with Gasteiger partial charge in [-0.25, -0.2) is 4.79 Å². The highest BCUT2D eigenvalue weighted by molar-refractivity contribution is 5.96. The summed E-state index contributed by atoms with van der Waals surface area (Å²) in [6, 6.07) is 12.6. The Labute approximate surface area is 171 Å². The van der Waals surface area contributed by atoms with Gasteiger partial charge in [0, 0.05) is 0 Å². The predicted molar refractivity (Wildman–Crippen MR) is 110 cm³/mol. The summed E-state index contributed by atoms with van der Waals surface area (Å²) in [6.45, 7) is 6.99. The summed E-state index contributed by atoms with van der Waals surface area (Å²) in [4.78, 5) is 11.0. The number of nitrogens with zero attached hydrogens (tertiary/aromatic N) is 1. The van der Waals surface area contributed by atoms with Gasteiger partial charge in [-0.3, -0.25) is 0 Å². The zero-order valence-corrected chi connectivity index (χ0v) is 17.1. The summed E-state index contributed by atoms with van der Waals surface area (Å²) in [6.07, 6.45) is 1.28. The van der Waals surface area contributed by atoms with Crippen molar-refractivity contribution in [3.05, 3.63) is 58.7 Å². The highest BCUT2D eigenvalue weighted by Gasteiger charge is 2.10. The van der Waals surface area contributed by atoms with Crippen LogP contribution in [0.15, 0.2) is 42.0 Å². The van der Waals surface area contributed by atoms with E-state index in [2.05, 4.69) is 26.8 Å². The third-order valence-corrected chi connectivity index (χ3v) is 4.32. The summed E-state index contributed by atoms with van der Waals surface area (Å²) in [7, 11) is 1.52. The molecule has 1 N–H and O–H groups in total. The van der Waals surface area contributed by atoms with Crippen molar-refractivity contribution in [2.75, 3.05) is 20.3 Å². The molecule has 0 atom stereocenters. The molecule has 0 radical (unpaired) electrons. The topological polar surface area (TPSA) is 88.8 Å². The highest BCUT2D eigenvalue weighted by atomic mass is 16.5. The number of carbonyl (C=O) groups is 1. The maximum atomic E-state index is 11.0. The average molecular weight is 395 g/mol. The van der Waals surface area contributed by atoms with E-state index >= 15 is 0 Å². The van der Waals surface area contributed by atoms with E-state index in [-0.39, 0.29) is 12.2 Å². The van der Waals surface area contributed by atoms with Crippen LogP contribution in [0.5, 0.6) is 17.2 Å². The molecule has 0 amide bonds. The molecule has 0 spiro atoms. The van der Waals surface area contributed by atoms with Gasteiger partial charge >= 0.3 is 5.97 Å². The van der Waals surface area contributed by atoms with Crippen molar-refractivity contribution in [2.45, 2.75) is 26.7 Å². The number of aryl methyl sites for hydroxylation is 1. The van der Waals surface area contributed by atoms with Crippen LogP contribution in [0.4, 0.5) is 0 Å². The van der Waals surface area contributed by atoms with Gasteiger partial charge in [0.05, 0.1) is 7.11 Å². The minimum atomic E-state index is -1.28. The first kappa shape index (κ1) is 21.8.